The molecule has 15 heavy (non-hydrogen) atoms. The molecule has 0 spiro atoms. The van der Waals surface area contributed by atoms with Crippen molar-refractivity contribution in [1.29, 1.82) is 0 Å². The molecule has 0 saturated carbocycles. The lowest BCUT2D eigenvalue weighted by Gasteiger charge is -2.33. The minimum atomic E-state index is -0.607. The maximum atomic E-state index is 9.49. The first kappa shape index (κ1) is 14.9. The Kier molecular flexibility index (Phi) is 8.02. The van der Waals surface area contributed by atoms with Crippen molar-refractivity contribution >= 4 is 0 Å². The van der Waals surface area contributed by atoms with Gasteiger partial charge in [0.05, 0.1) is 12.7 Å². The van der Waals surface area contributed by atoms with E-state index in [-0.39, 0.29) is 6.61 Å². The molecule has 0 fully saturated rings. The molecule has 0 aromatic heterocycles. The summed E-state index contributed by atoms with van der Waals surface area (Å²) in [6.45, 7) is 10.1. The van der Waals surface area contributed by atoms with Crippen molar-refractivity contribution in [3.05, 3.63) is 0 Å². The van der Waals surface area contributed by atoms with Crippen molar-refractivity contribution in [2.45, 2.75) is 52.7 Å². The van der Waals surface area contributed by atoms with Crippen LogP contribution in [0.5, 0.6) is 0 Å². The second-order valence-electron chi connectivity index (χ2n) is 4.65. The number of aliphatic hydroxyl groups excluding tert-OH is 2. The number of hydrogen-bond donors (Lipinski definition) is 2. The van der Waals surface area contributed by atoms with Crippen LogP contribution in [0.15, 0.2) is 0 Å². The van der Waals surface area contributed by atoms with Crippen LogP contribution in [0.3, 0.4) is 0 Å². The number of nitrogens with zero attached hydrogens (tertiary/aromatic N) is 1. The van der Waals surface area contributed by atoms with Crippen molar-refractivity contribution in [2.24, 2.45) is 5.92 Å². The monoisotopic (exact) mass is 217 g/mol. The number of aliphatic hydroxyl groups is 2. The van der Waals surface area contributed by atoms with Crippen LogP contribution in [0.2, 0.25) is 0 Å². The van der Waals surface area contributed by atoms with Crippen LogP contribution < -0.4 is 0 Å². The van der Waals surface area contributed by atoms with E-state index in [0.717, 1.165) is 19.4 Å². The van der Waals surface area contributed by atoms with Gasteiger partial charge in [0.2, 0.25) is 0 Å². The Bertz CT molecular complexity index is 147. The van der Waals surface area contributed by atoms with E-state index in [0.29, 0.717) is 18.5 Å². The maximum Gasteiger partial charge on any atom is 0.0897 e. The highest BCUT2D eigenvalue weighted by molar-refractivity contribution is 4.73. The zero-order valence-electron chi connectivity index (χ0n) is 10.6. The minimum Gasteiger partial charge on any atom is -0.394 e. The summed E-state index contributed by atoms with van der Waals surface area (Å²) in [5, 5.41) is 18.4. The fraction of sp³-hybridized carbons (Fsp3) is 1.00. The van der Waals surface area contributed by atoms with Gasteiger partial charge in [0, 0.05) is 19.1 Å². The van der Waals surface area contributed by atoms with Crippen LogP contribution in [-0.4, -0.2) is 47.0 Å². The molecule has 0 radical (unpaired) electrons. The molecule has 0 rings (SSSR count). The summed E-state index contributed by atoms with van der Waals surface area (Å²) in [4.78, 5) is 2.30. The molecule has 0 aromatic carbocycles. The summed E-state index contributed by atoms with van der Waals surface area (Å²) in [5.41, 5.74) is 0. The molecule has 3 heteroatoms. The van der Waals surface area contributed by atoms with Crippen LogP contribution in [-0.2, 0) is 0 Å². The highest BCUT2D eigenvalue weighted by Gasteiger charge is 2.18. The van der Waals surface area contributed by atoms with Gasteiger partial charge >= 0.3 is 0 Å². The summed E-state index contributed by atoms with van der Waals surface area (Å²) >= 11 is 0. The van der Waals surface area contributed by atoms with Gasteiger partial charge in [0.25, 0.3) is 0 Å². The zero-order valence-corrected chi connectivity index (χ0v) is 10.6. The quantitative estimate of drug-likeness (QED) is 0.647. The molecule has 1 unspecified atom stereocenters. The van der Waals surface area contributed by atoms with Gasteiger partial charge in [-0.05, 0) is 18.8 Å². The third-order valence-corrected chi connectivity index (χ3v) is 2.71. The van der Waals surface area contributed by atoms with Gasteiger partial charge in [-0.3, -0.25) is 4.90 Å². The van der Waals surface area contributed by atoms with E-state index in [1.54, 1.807) is 0 Å². The predicted molar refractivity (Wildman–Crippen MR) is 63.9 cm³/mol. The molecule has 3 nitrogen and oxygen atoms in total. The molecular weight excluding hydrogens is 190 g/mol. The molecule has 0 saturated heterocycles. The first-order valence-electron chi connectivity index (χ1n) is 6.08. The second-order valence-corrected chi connectivity index (χ2v) is 4.65. The third kappa shape index (κ3) is 6.13. The molecule has 0 amide bonds. The van der Waals surface area contributed by atoms with E-state index in [1.165, 1.54) is 0 Å². The van der Waals surface area contributed by atoms with Crippen molar-refractivity contribution in [3.63, 3.8) is 0 Å². The Morgan fingerprint density at radius 2 is 1.60 bits per heavy atom. The van der Waals surface area contributed by atoms with Crippen LogP contribution in [0.4, 0.5) is 0 Å². The summed E-state index contributed by atoms with van der Waals surface area (Å²) in [5.74, 6) is 0.594. The Hall–Kier alpha value is -0.120. The lowest BCUT2D eigenvalue weighted by atomic mass is 10.1. The molecule has 0 aliphatic rings. The third-order valence-electron chi connectivity index (χ3n) is 2.71. The predicted octanol–water partition coefficient (Wildman–Crippen LogP) is 1.49. The van der Waals surface area contributed by atoms with Gasteiger partial charge in [0.1, 0.15) is 0 Å². The highest BCUT2D eigenvalue weighted by Crippen LogP contribution is 2.11. The van der Waals surface area contributed by atoms with Crippen molar-refractivity contribution in [2.75, 3.05) is 19.7 Å². The Morgan fingerprint density at radius 3 is 1.93 bits per heavy atom. The first-order chi connectivity index (χ1) is 7.04. The summed E-state index contributed by atoms with van der Waals surface area (Å²) < 4.78 is 0. The molecule has 0 heterocycles. The van der Waals surface area contributed by atoms with Crippen LogP contribution >= 0.6 is 0 Å². The molecule has 1 atom stereocenters. The smallest absolute Gasteiger partial charge is 0.0897 e. The van der Waals surface area contributed by atoms with Crippen LogP contribution in [0, 0.1) is 5.92 Å². The highest BCUT2D eigenvalue weighted by atomic mass is 16.3. The van der Waals surface area contributed by atoms with Crippen molar-refractivity contribution in [1.82, 2.24) is 4.90 Å². The SMILES string of the molecule is CCC(CC)N(CC(C)C)CC(O)CO. The van der Waals surface area contributed by atoms with Gasteiger partial charge < -0.3 is 10.2 Å². The van der Waals surface area contributed by atoms with E-state index in [4.69, 9.17) is 5.11 Å². The summed E-state index contributed by atoms with van der Waals surface area (Å²) in [6, 6.07) is 0.522. The number of hydrogen-bond acceptors (Lipinski definition) is 3. The summed E-state index contributed by atoms with van der Waals surface area (Å²) in [6.07, 6.45) is 1.59. The zero-order chi connectivity index (χ0) is 11.8. The summed E-state index contributed by atoms with van der Waals surface area (Å²) in [7, 11) is 0. The second kappa shape index (κ2) is 8.08. The van der Waals surface area contributed by atoms with Crippen LogP contribution in [0.1, 0.15) is 40.5 Å². The average Bonchev–Trinajstić information content (AvgIpc) is 2.18. The molecular formula is C12H27NO2. The molecule has 0 bridgehead atoms. The standard InChI is InChI=1S/C12H27NO2/c1-5-11(6-2)13(7-10(3)4)8-12(15)9-14/h10-12,14-15H,5-9H2,1-4H3. The van der Waals surface area contributed by atoms with E-state index < -0.39 is 6.10 Å². The fourth-order valence-corrected chi connectivity index (χ4v) is 1.98. The fourth-order valence-electron chi connectivity index (χ4n) is 1.98. The molecule has 0 aliphatic carbocycles. The van der Waals surface area contributed by atoms with Gasteiger partial charge in [-0.15, -0.1) is 0 Å². The first-order valence-corrected chi connectivity index (χ1v) is 6.08. The van der Waals surface area contributed by atoms with E-state index in [2.05, 4.69) is 32.6 Å². The lowest BCUT2D eigenvalue weighted by molar-refractivity contribution is 0.0379. The molecule has 2 N–H and O–H groups in total. The maximum absolute atomic E-state index is 9.49. The van der Waals surface area contributed by atoms with Crippen LogP contribution in [0.25, 0.3) is 0 Å². The Balaban J connectivity index is 4.27. The molecule has 0 aromatic rings. The van der Waals surface area contributed by atoms with Crippen molar-refractivity contribution < 1.29 is 10.2 Å². The largest absolute Gasteiger partial charge is 0.394 e. The normalized spacial score (nSPS) is 14.2. The minimum absolute atomic E-state index is 0.144. The topological polar surface area (TPSA) is 43.7 Å². The Labute approximate surface area is 94.1 Å². The van der Waals surface area contributed by atoms with E-state index in [1.807, 2.05) is 0 Å². The number of rotatable bonds is 8. The Morgan fingerprint density at radius 1 is 1.07 bits per heavy atom. The van der Waals surface area contributed by atoms with E-state index in [9.17, 15) is 5.11 Å². The molecule has 92 valence electrons. The average molecular weight is 217 g/mol. The van der Waals surface area contributed by atoms with E-state index >= 15 is 0 Å². The van der Waals surface area contributed by atoms with Gasteiger partial charge in [-0.2, -0.15) is 0 Å². The van der Waals surface area contributed by atoms with Gasteiger partial charge in [0.15, 0.2) is 0 Å². The van der Waals surface area contributed by atoms with Gasteiger partial charge in [-0.25, -0.2) is 0 Å². The van der Waals surface area contributed by atoms with Crippen molar-refractivity contribution in [3.8, 4) is 0 Å². The van der Waals surface area contributed by atoms with Gasteiger partial charge in [-0.1, -0.05) is 27.7 Å². The molecule has 0 aliphatic heterocycles. The lowest BCUT2D eigenvalue weighted by Crippen LogP contribution is -2.43.